The van der Waals surface area contributed by atoms with Crippen LogP contribution >= 0.6 is 0 Å². The second-order valence-corrected chi connectivity index (χ2v) is 11.1. The van der Waals surface area contributed by atoms with Gasteiger partial charge in [-0.2, -0.15) is 4.89 Å². The minimum absolute atomic E-state index is 0.0167. The van der Waals surface area contributed by atoms with Crippen molar-refractivity contribution in [3.63, 3.8) is 0 Å². The van der Waals surface area contributed by atoms with Crippen LogP contribution < -0.4 is 15.9 Å². The van der Waals surface area contributed by atoms with Crippen LogP contribution in [0.25, 0.3) is 0 Å². The van der Waals surface area contributed by atoms with Gasteiger partial charge in [0.05, 0.1) is 9.82 Å². The predicted molar refractivity (Wildman–Crippen MR) is 125 cm³/mol. The zero-order valence-electron chi connectivity index (χ0n) is 19.6. The van der Waals surface area contributed by atoms with Gasteiger partial charge in [-0.1, -0.05) is 13.8 Å². The van der Waals surface area contributed by atoms with Crippen molar-refractivity contribution in [2.45, 2.75) is 43.8 Å². The van der Waals surface area contributed by atoms with E-state index in [1.807, 2.05) is 4.90 Å². The van der Waals surface area contributed by atoms with Crippen molar-refractivity contribution < 1.29 is 28.1 Å². The number of hydrogen-bond acceptors (Lipinski definition) is 12. The summed E-state index contributed by atoms with van der Waals surface area (Å²) < 4.78 is 23.4. The van der Waals surface area contributed by atoms with Crippen LogP contribution in [0.3, 0.4) is 0 Å². The molecule has 0 radical (unpaired) electrons. The molecule has 4 rings (SSSR count). The van der Waals surface area contributed by atoms with Crippen molar-refractivity contribution in [1.82, 2.24) is 15.6 Å². The first kappa shape index (κ1) is 25.2. The predicted octanol–water partition coefficient (Wildman–Crippen LogP) is 2.89. The van der Waals surface area contributed by atoms with E-state index >= 15 is 0 Å². The number of nitrogens with zero attached hydrogens (tertiary/aromatic N) is 4. The Kier molecular flexibility index (Phi) is 7.19. The topological polar surface area (TPSA) is 158 Å². The third kappa shape index (κ3) is 5.51. The summed E-state index contributed by atoms with van der Waals surface area (Å²) in [6.45, 7) is 5.12. The van der Waals surface area contributed by atoms with Crippen molar-refractivity contribution >= 4 is 32.8 Å². The molecule has 2 fully saturated rings. The number of nitrogens with one attached hydrogen (secondary N) is 2. The number of nitro groups is 1. The molecule has 0 spiro atoms. The van der Waals surface area contributed by atoms with Gasteiger partial charge in [0.1, 0.15) is 6.33 Å². The summed E-state index contributed by atoms with van der Waals surface area (Å²) in [6, 6.07) is 5.91. The molecule has 0 saturated carbocycles. The van der Waals surface area contributed by atoms with Crippen molar-refractivity contribution in [2.24, 2.45) is 11.8 Å². The molecule has 190 valence electrons. The highest BCUT2D eigenvalue weighted by Crippen LogP contribution is 2.41. The summed E-state index contributed by atoms with van der Waals surface area (Å²) in [5.41, 5.74) is 2.54. The number of rotatable bonds is 8. The van der Waals surface area contributed by atoms with Gasteiger partial charge in [-0.15, -0.1) is 4.99 Å². The lowest BCUT2D eigenvalue weighted by Gasteiger charge is -2.39. The Bertz CT molecular complexity index is 1160. The van der Waals surface area contributed by atoms with Crippen LogP contribution in [0, 0.1) is 22.0 Å². The van der Waals surface area contributed by atoms with Crippen LogP contribution in [0.1, 0.15) is 33.1 Å². The maximum Gasteiger partial charge on any atom is 0.353 e. The molecule has 14 heteroatoms. The van der Waals surface area contributed by atoms with Crippen LogP contribution in [-0.4, -0.2) is 48.4 Å². The Morgan fingerprint density at radius 3 is 2.49 bits per heavy atom. The Morgan fingerprint density at radius 2 is 1.94 bits per heavy atom. The van der Waals surface area contributed by atoms with Crippen molar-refractivity contribution in [2.75, 3.05) is 29.6 Å². The van der Waals surface area contributed by atoms with E-state index in [0.717, 1.165) is 6.26 Å². The average Bonchev–Trinajstić information content (AvgIpc) is 3.27. The Balaban J connectivity index is 1.53. The van der Waals surface area contributed by atoms with Crippen molar-refractivity contribution in [3.8, 4) is 0 Å². The van der Waals surface area contributed by atoms with Crippen LogP contribution in [0.15, 0.2) is 35.5 Å². The highest BCUT2D eigenvalue weighted by atomic mass is 32.2. The molecule has 0 aliphatic carbocycles. The van der Waals surface area contributed by atoms with Gasteiger partial charge < -0.3 is 10.2 Å². The Morgan fingerprint density at radius 1 is 1.26 bits per heavy atom. The molecule has 13 nitrogen and oxygen atoms in total. The molecule has 35 heavy (non-hydrogen) atoms. The third-order valence-electron chi connectivity index (χ3n) is 6.07. The molecule has 1 unspecified atom stereocenters. The van der Waals surface area contributed by atoms with Gasteiger partial charge >= 0.3 is 5.69 Å². The molecule has 1 atom stereocenters. The molecule has 3 heterocycles. The van der Waals surface area contributed by atoms with E-state index in [1.165, 1.54) is 30.6 Å². The molecule has 2 aliphatic heterocycles. The normalized spacial score (nSPS) is 21.4. The van der Waals surface area contributed by atoms with Gasteiger partial charge in [-0.05, 0) is 48.7 Å². The van der Waals surface area contributed by atoms with Gasteiger partial charge in [-0.25, -0.2) is 23.2 Å². The van der Waals surface area contributed by atoms with Gasteiger partial charge in [-0.3, -0.25) is 10.1 Å². The number of aromatic nitrogens is 2. The van der Waals surface area contributed by atoms with Crippen LogP contribution in [-0.2, 0) is 24.6 Å². The fourth-order valence-electron chi connectivity index (χ4n) is 4.47. The SMILES string of the molecule is CC(C)CC1(C2CCN(c3ncnc(Nc4ccc(S(C)(=O)=O)cc4)c3[N+](=O)[O-])CC2)ONOO1. The zero-order valence-corrected chi connectivity index (χ0v) is 20.4. The van der Waals surface area contributed by atoms with Crippen LogP contribution in [0.5, 0.6) is 0 Å². The van der Waals surface area contributed by atoms with E-state index in [0.29, 0.717) is 44.0 Å². The number of anilines is 3. The first-order valence-electron chi connectivity index (χ1n) is 11.2. The van der Waals surface area contributed by atoms with E-state index < -0.39 is 20.5 Å². The highest BCUT2D eigenvalue weighted by Gasteiger charge is 2.49. The van der Waals surface area contributed by atoms with E-state index in [1.54, 1.807) is 0 Å². The largest absolute Gasteiger partial charge is 0.353 e. The summed E-state index contributed by atoms with van der Waals surface area (Å²) >= 11 is 0. The molecule has 0 bridgehead atoms. The highest BCUT2D eigenvalue weighted by molar-refractivity contribution is 7.90. The first-order chi connectivity index (χ1) is 16.6. The zero-order chi connectivity index (χ0) is 25.2. The summed E-state index contributed by atoms with van der Waals surface area (Å²) in [7, 11) is -3.36. The molecule has 0 amide bonds. The summed E-state index contributed by atoms with van der Waals surface area (Å²) in [6.07, 6.45) is 4.30. The molecule has 1 aromatic heterocycles. The number of sulfone groups is 1. The van der Waals surface area contributed by atoms with Gasteiger partial charge in [0.2, 0.25) is 17.4 Å². The molecular formula is C21H28N6O7S. The van der Waals surface area contributed by atoms with Gasteiger partial charge in [0.25, 0.3) is 0 Å². The minimum atomic E-state index is -3.36. The van der Waals surface area contributed by atoms with Crippen LogP contribution in [0.2, 0.25) is 0 Å². The maximum atomic E-state index is 12.0. The average molecular weight is 509 g/mol. The summed E-state index contributed by atoms with van der Waals surface area (Å²) in [5, 5.41) is 14.9. The van der Waals surface area contributed by atoms with Crippen LogP contribution in [0.4, 0.5) is 23.0 Å². The molecule has 2 aromatic rings. The summed E-state index contributed by atoms with van der Waals surface area (Å²) in [4.78, 5) is 37.7. The van der Waals surface area contributed by atoms with Gasteiger partial charge in [0.15, 0.2) is 9.84 Å². The van der Waals surface area contributed by atoms with E-state index in [9.17, 15) is 18.5 Å². The van der Waals surface area contributed by atoms with E-state index in [4.69, 9.17) is 14.7 Å². The van der Waals surface area contributed by atoms with E-state index in [2.05, 4.69) is 34.8 Å². The fourth-order valence-corrected chi connectivity index (χ4v) is 5.10. The fraction of sp³-hybridized carbons (Fsp3) is 0.524. The first-order valence-corrected chi connectivity index (χ1v) is 13.1. The lowest BCUT2D eigenvalue weighted by molar-refractivity contribution is -0.383. The van der Waals surface area contributed by atoms with Crippen molar-refractivity contribution in [3.05, 3.63) is 40.7 Å². The lowest BCUT2D eigenvalue weighted by Crippen LogP contribution is -2.47. The molecule has 2 N–H and O–H groups in total. The quantitative estimate of drug-likeness (QED) is 0.305. The van der Waals surface area contributed by atoms with E-state index in [-0.39, 0.29) is 28.1 Å². The third-order valence-corrected chi connectivity index (χ3v) is 7.20. The number of hydrogen-bond donors (Lipinski definition) is 2. The van der Waals surface area contributed by atoms with Gasteiger partial charge in [0, 0.05) is 37.4 Å². The monoisotopic (exact) mass is 508 g/mol. The number of piperidine rings is 1. The Hall–Kier alpha value is -2.91. The lowest BCUT2D eigenvalue weighted by atomic mass is 9.84. The molecular weight excluding hydrogens is 480 g/mol. The Labute approximate surface area is 202 Å². The smallest absolute Gasteiger partial charge is 0.351 e. The molecule has 2 aliphatic rings. The number of benzene rings is 1. The minimum Gasteiger partial charge on any atom is -0.351 e. The summed E-state index contributed by atoms with van der Waals surface area (Å²) in [5.74, 6) is -0.365. The second-order valence-electron chi connectivity index (χ2n) is 9.10. The standard InChI is InChI=1S/C21H28N6O7S/c1-14(2)12-21(32-25-34-33-21)15-8-10-26(11-9-15)20-18(27(28)29)19(22-13-23-20)24-16-4-6-17(7-5-16)35(3,30)31/h4-7,13-15,25H,8-12H2,1-3H3,(H,22,23,24). The maximum absolute atomic E-state index is 12.0. The molecule has 2 saturated heterocycles. The molecule has 1 aromatic carbocycles. The second kappa shape index (κ2) is 9.99. The van der Waals surface area contributed by atoms with Crippen molar-refractivity contribution in [1.29, 1.82) is 0 Å².